The molecule has 0 N–H and O–H groups in total. The summed E-state index contributed by atoms with van der Waals surface area (Å²) >= 11 is 0. The van der Waals surface area contributed by atoms with Crippen molar-refractivity contribution in [2.24, 2.45) is 0 Å². The summed E-state index contributed by atoms with van der Waals surface area (Å²) < 4.78 is 53.5. The van der Waals surface area contributed by atoms with Gasteiger partial charge in [-0.25, -0.2) is 8.78 Å². The molecule has 0 unspecified atom stereocenters. The lowest BCUT2D eigenvalue weighted by atomic mass is 10.2. The summed E-state index contributed by atoms with van der Waals surface area (Å²) in [5.74, 6) is -4.04. The molecule has 0 saturated heterocycles. The molecule has 0 aliphatic heterocycles. The highest BCUT2D eigenvalue weighted by Gasteiger charge is 2.41. The van der Waals surface area contributed by atoms with E-state index in [1.807, 2.05) is 0 Å². The van der Waals surface area contributed by atoms with Gasteiger partial charge in [-0.15, -0.1) is 0 Å². The van der Waals surface area contributed by atoms with Crippen LogP contribution in [0.3, 0.4) is 0 Å². The molecule has 1 rings (SSSR count). The molecule has 0 fully saturated rings. The normalized spacial score (nSPS) is 11.6. The van der Waals surface area contributed by atoms with E-state index in [1.165, 1.54) is 12.1 Å². The Morgan fingerprint density at radius 2 is 1.94 bits per heavy atom. The van der Waals surface area contributed by atoms with Crippen molar-refractivity contribution in [2.45, 2.75) is 12.3 Å². The fraction of sp³-hybridized carbons (Fsp3) is 0.273. The van der Waals surface area contributed by atoms with Gasteiger partial charge >= 0.3 is 12.3 Å². The van der Waals surface area contributed by atoms with Crippen molar-refractivity contribution in [3.63, 3.8) is 0 Å². The fourth-order valence-electron chi connectivity index (χ4n) is 1.02. The molecule has 0 saturated carbocycles. The summed E-state index contributed by atoms with van der Waals surface area (Å²) in [4.78, 5) is 0. The lowest BCUT2D eigenvalue weighted by molar-refractivity contribution is -0.148. The Hall–Kier alpha value is -1.52. The molecule has 1 aromatic rings. The molecular formula is C11H10F4O. The van der Waals surface area contributed by atoms with E-state index in [-0.39, 0.29) is 5.75 Å². The molecule has 0 spiro atoms. The zero-order valence-corrected chi connectivity index (χ0v) is 8.30. The van der Waals surface area contributed by atoms with Gasteiger partial charge in [-0.2, -0.15) is 8.78 Å². The largest absolute Gasteiger partial charge is 0.486 e. The zero-order valence-electron chi connectivity index (χ0n) is 8.30. The summed E-state index contributed by atoms with van der Waals surface area (Å²) in [5, 5.41) is 0. The van der Waals surface area contributed by atoms with Crippen molar-refractivity contribution in [2.75, 3.05) is 6.61 Å². The van der Waals surface area contributed by atoms with Crippen molar-refractivity contribution in [3.8, 4) is 5.75 Å². The van der Waals surface area contributed by atoms with Gasteiger partial charge in [0.25, 0.3) is 0 Å². The fourth-order valence-corrected chi connectivity index (χ4v) is 1.02. The minimum absolute atomic E-state index is 0.109. The van der Waals surface area contributed by atoms with Crippen LogP contribution in [0.5, 0.6) is 5.75 Å². The van der Waals surface area contributed by atoms with Crippen LogP contribution in [0.1, 0.15) is 5.56 Å². The van der Waals surface area contributed by atoms with Crippen LogP contribution in [-0.2, 0) is 0 Å². The van der Waals surface area contributed by atoms with Gasteiger partial charge < -0.3 is 4.74 Å². The summed E-state index contributed by atoms with van der Waals surface area (Å²) in [7, 11) is 0. The van der Waals surface area contributed by atoms with E-state index >= 15 is 0 Å². The standard InChI is InChI=1S/C11H10F4O/c1-2-8-5-3-4-6-9(8)16-7-11(14,15)10(12)13/h2-6,10H,1,7H2. The van der Waals surface area contributed by atoms with Crippen LogP contribution >= 0.6 is 0 Å². The monoisotopic (exact) mass is 234 g/mol. The molecule has 1 nitrogen and oxygen atoms in total. The quantitative estimate of drug-likeness (QED) is 0.707. The first kappa shape index (κ1) is 12.5. The van der Waals surface area contributed by atoms with Gasteiger partial charge in [0.1, 0.15) is 5.75 Å². The van der Waals surface area contributed by atoms with Crippen molar-refractivity contribution in [3.05, 3.63) is 36.4 Å². The number of hydrogen-bond acceptors (Lipinski definition) is 1. The molecule has 88 valence electrons. The van der Waals surface area contributed by atoms with E-state index in [0.29, 0.717) is 5.56 Å². The van der Waals surface area contributed by atoms with Crippen LogP contribution in [0, 0.1) is 0 Å². The molecule has 0 aliphatic rings. The second kappa shape index (κ2) is 5.01. The summed E-state index contributed by atoms with van der Waals surface area (Å²) in [6.07, 6.45) is -2.33. The van der Waals surface area contributed by atoms with E-state index in [0.717, 1.165) is 0 Å². The maximum absolute atomic E-state index is 12.6. The molecule has 0 aromatic heterocycles. The average molecular weight is 234 g/mol. The lowest BCUT2D eigenvalue weighted by Crippen LogP contribution is -2.33. The number of ether oxygens (including phenoxy) is 1. The Kier molecular flexibility index (Phi) is 3.93. The highest BCUT2D eigenvalue weighted by atomic mass is 19.3. The first-order valence-corrected chi connectivity index (χ1v) is 4.47. The first-order chi connectivity index (χ1) is 7.47. The molecule has 1 aromatic carbocycles. The number of halogens is 4. The molecule has 0 aliphatic carbocycles. The van der Waals surface area contributed by atoms with Crippen molar-refractivity contribution in [1.29, 1.82) is 0 Å². The lowest BCUT2D eigenvalue weighted by Gasteiger charge is -2.16. The number of rotatable bonds is 5. The van der Waals surface area contributed by atoms with Crippen molar-refractivity contribution >= 4 is 6.08 Å². The van der Waals surface area contributed by atoms with E-state index in [2.05, 4.69) is 11.3 Å². The zero-order chi connectivity index (χ0) is 12.2. The Bertz CT molecular complexity index is 363. The predicted molar refractivity (Wildman–Crippen MR) is 53.0 cm³/mol. The topological polar surface area (TPSA) is 9.23 Å². The second-order valence-electron chi connectivity index (χ2n) is 3.09. The summed E-state index contributed by atoms with van der Waals surface area (Å²) in [6.45, 7) is 2.10. The molecular weight excluding hydrogens is 224 g/mol. The minimum atomic E-state index is -4.14. The Morgan fingerprint density at radius 3 is 2.50 bits per heavy atom. The van der Waals surface area contributed by atoms with Crippen LogP contribution < -0.4 is 4.74 Å². The number of hydrogen-bond donors (Lipinski definition) is 0. The van der Waals surface area contributed by atoms with Gasteiger partial charge in [0.05, 0.1) is 0 Å². The van der Waals surface area contributed by atoms with Crippen LogP contribution in [0.15, 0.2) is 30.8 Å². The summed E-state index contributed by atoms with van der Waals surface area (Å²) in [6, 6.07) is 6.22. The highest BCUT2D eigenvalue weighted by Crippen LogP contribution is 2.26. The minimum Gasteiger partial charge on any atom is -0.486 e. The van der Waals surface area contributed by atoms with Gasteiger partial charge in [-0.05, 0) is 6.07 Å². The van der Waals surface area contributed by atoms with Crippen LogP contribution in [-0.4, -0.2) is 19.0 Å². The highest BCUT2D eigenvalue weighted by molar-refractivity contribution is 5.55. The SMILES string of the molecule is C=Cc1ccccc1OCC(F)(F)C(F)F. The predicted octanol–water partition coefficient (Wildman–Crippen LogP) is 3.61. The molecule has 0 heterocycles. The third-order valence-corrected chi connectivity index (χ3v) is 1.88. The van der Waals surface area contributed by atoms with Crippen molar-refractivity contribution in [1.82, 2.24) is 0 Å². The van der Waals surface area contributed by atoms with E-state index in [4.69, 9.17) is 0 Å². The van der Waals surface area contributed by atoms with Crippen LogP contribution in [0.25, 0.3) is 6.08 Å². The Labute approximate surface area is 90.3 Å². The van der Waals surface area contributed by atoms with Gasteiger partial charge in [-0.1, -0.05) is 30.9 Å². The molecule has 16 heavy (non-hydrogen) atoms. The van der Waals surface area contributed by atoms with Crippen LogP contribution in [0.2, 0.25) is 0 Å². The van der Waals surface area contributed by atoms with Gasteiger partial charge in [0.2, 0.25) is 0 Å². The average Bonchev–Trinajstić information content (AvgIpc) is 2.26. The Morgan fingerprint density at radius 1 is 1.31 bits per heavy atom. The Balaban J connectivity index is 2.71. The van der Waals surface area contributed by atoms with Crippen LogP contribution in [0.4, 0.5) is 17.6 Å². The molecule has 0 amide bonds. The summed E-state index contributed by atoms with van der Waals surface area (Å²) in [5.41, 5.74) is 0.479. The van der Waals surface area contributed by atoms with Gasteiger partial charge in [0, 0.05) is 5.56 Å². The van der Waals surface area contributed by atoms with E-state index in [9.17, 15) is 17.6 Å². The smallest absolute Gasteiger partial charge is 0.340 e. The molecule has 5 heteroatoms. The molecule has 0 bridgehead atoms. The van der Waals surface area contributed by atoms with E-state index in [1.54, 1.807) is 18.2 Å². The third kappa shape index (κ3) is 2.98. The van der Waals surface area contributed by atoms with Crippen molar-refractivity contribution < 1.29 is 22.3 Å². The number of para-hydroxylation sites is 1. The van der Waals surface area contributed by atoms with Gasteiger partial charge in [-0.3, -0.25) is 0 Å². The number of alkyl halides is 4. The molecule has 0 radical (unpaired) electrons. The number of benzene rings is 1. The van der Waals surface area contributed by atoms with Gasteiger partial charge in [0.15, 0.2) is 6.61 Å². The second-order valence-corrected chi connectivity index (χ2v) is 3.09. The third-order valence-electron chi connectivity index (χ3n) is 1.88. The van der Waals surface area contributed by atoms with E-state index < -0.39 is 19.0 Å². The maximum Gasteiger partial charge on any atom is 0.340 e. The first-order valence-electron chi connectivity index (χ1n) is 4.47. The molecule has 0 atom stereocenters. The maximum atomic E-state index is 12.6.